The molecule has 2 saturated carbocycles. The normalized spacial score (nSPS) is 22.3. The number of allylic oxidation sites excluding steroid dienone is 1. The van der Waals surface area contributed by atoms with Crippen LogP contribution in [-0.4, -0.2) is 64.8 Å². The molecule has 2 amide bonds. The second-order valence-corrected chi connectivity index (χ2v) is 20.5. The van der Waals surface area contributed by atoms with Crippen LogP contribution in [0.15, 0.2) is 85.5 Å². The molecule has 0 unspecified atom stereocenters. The zero-order chi connectivity index (χ0) is 43.6. The lowest BCUT2D eigenvalue weighted by atomic mass is 9.76. The van der Waals surface area contributed by atoms with Gasteiger partial charge in [-0.05, 0) is 72.9 Å². The fourth-order valence-corrected chi connectivity index (χ4v) is 10.8. The van der Waals surface area contributed by atoms with Crippen molar-refractivity contribution in [1.82, 2.24) is 19.6 Å². The summed E-state index contributed by atoms with van der Waals surface area (Å²) < 4.78 is 90.8. The molecule has 16 heteroatoms. The van der Waals surface area contributed by atoms with Gasteiger partial charge in [0.1, 0.15) is 16.6 Å². The van der Waals surface area contributed by atoms with Crippen LogP contribution in [0.3, 0.4) is 0 Å². The molecule has 10 nitrogen and oxygen atoms in total. The number of amides is 2. The van der Waals surface area contributed by atoms with Gasteiger partial charge in [-0.1, -0.05) is 69.3 Å². The number of sulfonamides is 1. The van der Waals surface area contributed by atoms with Gasteiger partial charge in [0, 0.05) is 34.4 Å². The Morgan fingerprint density at radius 2 is 1.75 bits per heavy atom. The number of nitrogens with one attached hydrogen (secondary N) is 1. The predicted octanol–water partition coefficient (Wildman–Crippen LogP) is 8.68. The molecular formula is C45H44F4N4O6S2. The minimum absolute atomic E-state index is 0.00969. The average molecular weight is 877 g/mol. The third-order valence-electron chi connectivity index (χ3n) is 12.1. The minimum atomic E-state index is -4.55. The van der Waals surface area contributed by atoms with Gasteiger partial charge in [0.05, 0.1) is 34.3 Å². The number of ketones is 1. The molecule has 2 aromatic heterocycles. The predicted molar refractivity (Wildman–Crippen MR) is 223 cm³/mol. The van der Waals surface area contributed by atoms with E-state index < -0.39 is 79.3 Å². The fraction of sp³-hybridized carbons (Fsp3) is 0.400. The maximum absolute atomic E-state index is 14.9. The number of likely N-dealkylation sites (tertiary alicyclic amines) is 1. The second-order valence-electron chi connectivity index (χ2n) is 17.5. The van der Waals surface area contributed by atoms with Crippen LogP contribution >= 0.6 is 11.3 Å². The zero-order valence-corrected chi connectivity index (χ0v) is 35.3. The number of hydrogen-bond acceptors (Lipinski definition) is 9. The first-order valence-corrected chi connectivity index (χ1v) is 22.4. The van der Waals surface area contributed by atoms with E-state index >= 15 is 0 Å². The summed E-state index contributed by atoms with van der Waals surface area (Å²) in [6.07, 6.45) is -2.95. The molecule has 5 atom stereocenters. The van der Waals surface area contributed by atoms with E-state index in [1.807, 2.05) is 45.0 Å². The quantitative estimate of drug-likeness (QED) is 0.0918. The molecular weight excluding hydrogens is 833 g/mol. The van der Waals surface area contributed by atoms with E-state index in [4.69, 9.17) is 14.7 Å². The molecule has 2 aliphatic carbocycles. The summed E-state index contributed by atoms with van der Waals surface area (Å²) in [5.41, 5.74) is -1.45. The molecule has 1 N–H and O–H groups in total. The van der Waals surface area contributed by atoms with E-state index in [2.05, 4.69) is 11.3 Å². The summed E-state index contributed by atoms with van der Waals surface area (Å²) in [6, 6.07) is 16.8. The average Bonchev–Trinajstić information content (AvgIpc) is 4.11. The molecule has 1 saturated heterocycles. The van der Waals surface area contributed by atoms with Gasteiger partial charge in [0.2, 0.25) is 27.7 Å². The highest BCUT2D eigenvalue weighted by molar-refractivity contribution is 7.90. The maximum Gasteiger partial charge on any atom is 0.416 e. The molecule has 3 heterocycles. The standard InChI is InChI=1S/C45H44F4N4O6S2/c1-5-27-22-44(27,42(56)52-61(57,58)31-17-18-31)23-35(54)34-21-30(24-53(34)41(55)33(43(2,3)4)20-25-9-8-10-29(46)19-25)59-40-38-37(32-11-6-7-12-36(32)60-38)50-39(51-40)26-13-15-28(16-14-26)45(47,48)49/h5-16,19,27,30-31,33-34H,1,17-18,20-24H2,2-4H3,(H,52,56)/t27-,30-,33-,34+,44-/m1/s1. The van der Waals surface area contributed by atoms with Gasteiger partial charge in [-0.2, -0.15) is 18.2 Å². The van der Waals surface area contributed by atoms with Crippen LogP contribution in [-0.2, 0) is 37.0 Å². The Hall–Kier alpha value is -5.22. The number of benzene rings is 3. The van der Waals surface area contributed by atoms with Crippen molar-refractivity contribution in [2.45, 2.75) is 82.9 Å². The van der Waals surface area contributed by atoms with Gasteiger partial charge in [0.25, 0.3) is 0 Å². The lowest BCUT2D eigenvalue weighted by Crippen LogP contribution is -2.48. The minimum Gasteiger partial charge on any atom is -0.471 e. The fourth-order valence-electron chi connectivity index (χ4n) is 8.34. The summed E-state index contributed by atoms with van der Waals surface area (Å²) in [6.45, 7) is 9.40. The van der Waals surface area contributed by atoms with Crippen molar-refractivity contribution >= 4 is 59.3 Å². The number of fused-ring (bicyclic) bond motifs is 3. The lowest BCUT2D eigenvalue weighted by Gasteiger charge is -2.35. The first-order valence-electron chi connectivity index (χ1n) is 20.1. The molecule has 0 radical (unpaired) electrons. The van der Waals surface area contributed by atoms with E-state index in [-0.39, 0.29) is 49.8 Å². The Balaban J connectivity index is 1.15. The molecule has 1 aliphatic heterocycles. The number of carbonyl (C=O) groups is 3. The number of Topliss-reactive ketones (excluding diaryl/α,β-unsaturated/α-hetero) is 1. The van der Waals surface area contributed by atoms with Crippen LogP contribution in [0.25, 0.3) is 31.7 Å². The molecule has 3 aliphatic rings. The summed E-state index contributed by atoms with van der Waals surface area (Å²) in [7, 11) is -3.92. The molecule has 61 heavy (non-hydrogen) atoms. The van der Waals surface area contributed by atoms with E-state index in [0.717, 1.165) is 22.2 Å². The molecule has 0 spiro atoms. The van der Waals surface area contributed by atoms with E-state index in [1.165, 1.54) is 46.6 Å². The third kappa shape index (κ3) is 8.53. The van der Waals surface area contributed by atoms with Crippen LogP contribution < -0.4 is 9.46 Å². The number of rotatable bonds is 13. The Bertz CT molecular complexity index is 2680. The summed E-state index contributed by atoms with van der Waals surface area (Å²) in [4.78, 5) is 54.2. The van der Waals surface area contributed by atoms with Crippen LogP contribution in [0.5, 0.6) is 5.88 Å². The molecule has 5 aromatic rings. The van der Waals surface area contributed by atoms with Crippen molar-refractivity contribution in [2.24, 2.45) is 22.7 Å². The van der Waals surface area contributed by atoms with E-state index in [1.54, 1.807) is 12.1 Å². The van der Waals surface area contributed by atoms with Crippen molar-refractivity contribution in [3.63, 3.8) is 0 Å². The van der Waals surface area contributed by atoms with Crippen molar-refractivity contribution < 1.29 is 45.1 Å². The van der Waals surface area contributed by atoms with Crippen molar-refractivity contribution in [1.29, 1.82) is 0 Å². The number of hydrogen-bond donors (Lipinski definition) is 1. The lowest BCUT2D eigenvalue weighted by molar-refractivity contribution is -0.144. The first-order chi connectivity index (χ1) is 28.8. The highest BCUT2D eigenvalue weighted by Gasteiger charge is 2.61. The SMILES string of the molecule is C=C[C@@H]1C[C@]1(CC(=O)[C@@H]1C[C@@H](Oc2nc(-c3ccc(C(F)(F)F)cc3)nc3c2sc2ccccc23)CN1C(=O)[C@@H](Cc1cccc(F)c1)C(C)(C)C)C(=O)NS(=O)(=O)C1CC1. The number of ether oxygens (including phenoxy) is 1. The molecule has 0 bridgehead atoms. The van der Waals surface area contributed by atoms with Crippen molar-refractivity contribution in [3.05, 3.63) is 102 Å². The Kier molecular flexibility index (Phi) is 10.9. The zero-order valence-electron chi connectivity index (χ0n) is 33.7. The molecule has 8 rings (SSSR count). The van der Waals surface area contributed by atoms with Gasteiger partial charge >= 0.3 is 6.18 Å². The van der Waals surface area contributed by atoms with Gasteiger partial charge in [-0.15, -0.1) is 17.9 Å². The smallest absolute Gasteiger partial charge is 0.416 e. The summed E-state index contributed by atoms with van der Waals surface area (Å²) >= 11 is 1.36. The van der Waals surface area contributed by atoms with Crippen molar-refractivity contribution in [2.75, 3.05) is 6.54 Å². The third-order valence-corrected chi connectivity index (χ3v) is 15.1. The monoisotopic (exact) mass is 876 g/mol. The van der Waals surface area contributed by atoms with Crippen LogP contribution in [0, 0.1) is 28.5 Å². The van der Waals surface area contributed by atoms with E-state index in [9.17, 15) is 40.4 Å². The largest absolute Gasteiger partial charge is 0.471 e. The number of halogens is 4. The number of nitrogens with zero attached hydrogens (tertiary/aromatic N) is 3. The Labute approximate surface area is 354 Å². The Morgan fingerprint density at radius 3 is 2.39 bits per heavy atom. The maximum atomic E-state index is 14.9. The van der Waals surface area contributed by atoms with Crippen LogP contribution in [0.4, 0.5) is 17.6 Å². The van der Waals surface area contributed by atoms with Gasteiger partial charge in [-0.25, -0.2) is 17.8 Å². The number of carbonyl (C=O) groups excluding carboxylic acids is 3. The van der Waals surface area contributed by atoms with Gasteiger partial charge in [-0.3, -0.25) is 19.1 Å². The molecule has 320 valence electrons. The summed E-state index contributed by atoms with van der Waals surface area (Å²) in [5.74, 6) is -3.04. The molecule has 3 fully saturated rings. The van der Waals surface area contributed by atoms with Crippen LogP contribution in [0.2, 0.25) is 0 Å². The van der Waals surface area contributed by atoms with Gasteiger partial charge < -0.3 is 9.64 Å². The van der Waals surface area contributed by atoms with E-state index in [0.29, 0.717) is 34.2 Å². The number of thiophene rings is 1. The number of aromatic nitrogens is 2. The van der Waals surface area contributed by atoms with Gasteiger partial charge in [0.15, 0.2) is 11.6 Å². The van der Waals surface area contributed by atoms with Crippen molar-refractivity contribution in [3.8, 4) is 17.3 Å². The highest BCUT2D eigenvalue weighted by atomic mass is 32.2. The summed E-state index contributed by atoms with van der Waals surface area (Å²) in [5, 5.41) is 0.116. The topological polar surface area (TPSA) is 136 Å². The van der Waals surface area contributed by atoms with Crippen LogP contribution in [0.1, 0.15) is 64.0 Å². The first kappa shape index (κ1) is 42.5. The second kappa shape index (κ2) is 15.6. The highest BCUT2D eigenvalue weighted by Crippen LogP contribution is 2.57. The Morgan fingerprint density at radius 1 is 1.03 bits per heavy atom. The number of alkyl halides is 3. The molecule has 3 aromatic carbocycles.